The van der Waals surface area contributed by atoms with Crippen molar-refractivity contribution in [2.24, 2.45) is 0 Å². The zero-order valence-corrected chi connectivity index (χ0v) is 10.3. The fourth-order valence-corrected chi connectivity index (χ4v) is 2.00. The third-order valence-electron chi connectivity index (χ3n) is 2.59. The first kappa shape index (κ1) is 12.5. The van der Waals surface area contributed by atoms with Gasteiger partial charge in [0.1, 0.15) is 24.3 Å². The zero-order chi connectivity index (χ0) is 12.6. The number of alkyl halides is 1. The van der Waals surface area contributed by atoms with Crippen LogP contribution < -0.4 is 11.4 Å². The van der Waals surface area contributed by atoms with E-state index in [0.717, 1.165) is 4.57 Å². The van der Waals surface area contributed by atoms with Crippen molar-refractivity contribution in [3.63, 3.8) is 0 Å². The van der Waals surface area contributed by atoms with Gasteiger partial charge in [-0.05, 0) is 15.9 Å². The predicted octanol–water partition coefficient (Wildman–Crippen LogP) is 0.206. The molecule has 1 fully saturated rings. The first-order valence-electron chi connectivity index (χ1n) is 4.97. The Labute approximate surface area is 104 Å². The van der Waals surface area contributed by atoms with E-state index < -0.39 is 30.8 Å². The van der Waals surface area contributed by atoms with E-state index in [-0.39, 0.29) is 12.2 Å². The second kappa shape index (κ2) is 4.71. The van der Waals surface area contributed by atoms with Crippen LogP contribution in [-0.4, -0.2) is 33.5 Å². The third-order valence-corrected chi connectivity index (χ3v) is 3.20. The molecule has 1 aromatic heterocycles. The van der Waals surface area contributed by atoms with Gasteiger partial charge in [0.15, 0.2) is 0 Å². The van der Waals surface area contributed by atoms with Crippen LogP contribution in [-0.2, 0) is 4.74 Å². The predicted molar refractivity (Wildman–Crippen MR) is 61.1 cm³/mol. The highest BCUT2D eigenvalue weighted by Crippen LogP contribution is 2.30. The number of nitrogen functional groups attached to an aromatic ring is 1. The monoisotopic (exact) mass is 307 g/mol. The Kier molecular flexibility index (Phi) is 3.45. The Balaban J connectivity index is 2.30. The number of ether oxygens (including phenoxy) is 1. The van der Waals surface area contributed by atoms with E-state index in [1.54, 1.807) is 0 Å². The molecule has 1 aliphatic rings. The van der Waals surface area contributed by atoms with Crippen LogP contribution in [0, 0.1) is 0 Å². The van der Waals surface area contributed by atoms with E-state index in [1.807, 2.05) is 0 Å². The summed E-state index contributed by atoms with van der Waals surface area (Å²) in [6.45, 7) is -0.421. The summed E-state index contributed by atoms with van der Waals surface area (Å²) < 4.78 is 20.2. The molecule has 0 aliphatic carbocycles. The highest BCUT2D eigenvalue weighted by molar-refractivity contribution is 9.10. The largest absolute Gasteiger partial charge is 0.394 e. The van der Waals surface area contributed by atoms with E-state index in [0.29, 0.717) is 4.47 Å². The van der Waals surface area contributed by atoms with Crippen LogP contribution in [0.2, 0.25) is 0 Å². The molecule has 0 amide bonds. The van der Waals surface area contributed by atoms with Gasteiger partial charge in [-0.15, -0.1) is 0 Å². The van der Waals surface area contributed by atoms with Crippen LogP contribution in [0.1, 0.15) is 12.6 Å². The molecule has 0 spiro atoms. The Morgan fingerprint density at radius 3 is 3.06 bits per heavy atom. The normalized spacial score (nSPS) is 28.5. The van der Waals surface area contributed by atoms with Gasteiger partial charge in [-0.25, -0.2) is 9.18 Å². The van der Waals surface area contributed by atoms with Crippen molar-refractivity contribution in [2.75, 3.05) is 12.3 Å². The third kappa shape index (κ3) is 2.33. The number of halogens is 2. The summed E-state index contributed by atoms with van der Waals surface area (Å²) in [6, 6.07) is 0. The number of rotatable bonds is 2. The number of aliphatic hydroxyl groups is 1. The molecule has 0 aromatic carbocycles. The summed E-state index contributed by atoms with van der Waals surface area (Å²) in [4.78, 5) is 15.1. The SMILES string of the molecule is Nc1nc(=O)n([C@H]2C[C@H](F)[C@@H](CO)O2)cc1Br. The van der Waals surface area contributed by atoms with Gasteiger partial charge in [0.2, 0.25) is 0 Å². The number of nitrogens with zero attached hydrogens (tertiary/aromatic N) is 2. The Morgan fingerprint density at radius 1 is 1.76 bits per heavy atom. The van der Waals surface area contributed by atoms with Crippen molar-refractivity contribution in [1.29, 1.82) is 0 Å². The molecule has 0 unspecified atom stereocenters. The molecule has 94 valence electrons. The van der Waals surface area contributed by atoms with Crippen LogP contribution in [0.3, 0.4) is 0 Å². The van der Waals surface area contributed by atoms with Crippen molar-refractivity contribution >= 4 is 21.7 Å². The average Bonchev–Trinajstić information content (AvgIpc) is 2.65. The van der Waals surface area contributed by atoms with Gasteiger partial charge in [-0.1, -0.05) is 0 Å². The maximum atomic E-state index is 13.4. The summed E-state index contributed by atoms with van der Waals surface area (Å²) in [5, 5.41) is 8.87. The molecule has 8 heteroatoms. The lowest BCUT2D eigenvalue weighted by Gasteiger charge is -2.14. The molecular weight excluding hydrogens is 297 g/mol. The van der Waals surface area contributed by atoms with Gasteiger partial charge in [0.25, 0.3) is 0 Å². The Hall–Kier alpha value is -0.990. The van der Waals surface area contributed by atoms with E-state index >= 15 is 0 Å². The molecule has 0 bridgehead atoms. The standard InChI is InChI=1S/C9H11BrFN3O3/c10-4-2-14(9(16)13-8(4)12)7-1-5(11)6(3-15)17-7/h2,5-7,15H,1,3H2,(H2,12,13,16)/t5-,6+,7+/m0/s1. The van der Waals surface area contributed by atoms with Crippen molar-refractivity contribution in [2.45, 2.75) is 24.9 Å². The molecule has 1 aliphatic heterocycles. The molecule has 0 radical (unpaired) electrons. The van der Waals surface area contributed by atoms with Gasteiger partial charge in [-0.3, -0.25) is 4.57 Å². The lowest BCUT2D eigenvalue weighted by molar-refractivity contribution is -0.0356. The Morgan fingerprint density at radius 2 is 2.47 bits per heavy atom. The number of nitrogens with two attached hydrogens (primary N) is 1. The fourth-order valence-electron chi connectivity index (χ4n) is 1.69. The minimum atomic E-state index is -1.30. The van der Waals surface area contributed by atoms with Gasteiger partial charge in [0.05, 0.1) is 11.1 Å². The topological polar surface area (TPSA) is 90.4 Å². The quantitative estimate of drug-likeness (QED) is 0.815. The number of aliphatic hydroxyl groups excluding tert-OH is 1. The molecule has 0 saturated carbocycles. The maximum Gasteiger partial charge on any atom is 0.351 e. The second-order valence-corrected chi connectivity index (χ2v) is 4.58. The van der Waals surface area contributed by atoms with Gasteiger partial charge in [0, 0.05) is 12.6 Å². The summed E-state index contributed by atoms with van der Waals surface area (Å²) in [6.07, 6.45) is -1.55. The molecule has 1 aromatic rings. The number of hydrogen-bond acceptors (Lipinski definition) is 5. The summed E-state index contributed by atoms with van der Waals surface area (Å²) in [5.74, 6) is 0.0692. The average molecular weight is 308 g/mol. The van der Waals surface area contributed by atoms with E-state index in [1.165, 1.54) is 6.20 Å². The molecule has 2 heterocycles. The smallest absolute Gasteiger partial charge is 0.351 e. The lowest BCUT2D eigenvalue weighted by Crippen LogP contribution is -2.28. The fraction of sp³-hybridized carbons (Fsp3) is 0.556. The Bertz CT molecular complexity index is 481. The van der Waals surface area contributed by atoms with Crippen LogP contribution in [0.25, 0.3) is 0 Å². The maximum absolute atomic E-state index is 13.4. The van der Waals surface area contributed by atoms with Crippen molar-refractivity contribution in [3.05, 3.63) is 21.2 Å². The molecular formula is C9H11BrFN3O3. The van der Waals surface area contributed by atoms with Crippen molar-refractivity contribution in [3.8, 4) is 0 Å². The lowest BCUT2D eigenvalue weighted by atomic mass is 10.2. The minimum Gasteiger partial charge on any atom is -0.394 e. The molecule has 2 rings (SSSR count). The van der Waals surface area contributed by atoms with Crippen LogP contribution in [0.15, 0.2) is 15.5 Å². The summed E-state index contributed by atoms with van der Waals surface area (Å²) in [7, 11) is 0. The molecule has 6 nitrogen and oxygen atoms in total. The van der Waals surface area contributed by atoms with Gasteiger partial charge >= 0.3 is 5.69 Å². The first-order valence-corrected chi connectivity index (χ1v) is 5.76. The number of anilines is 1. The van der Waals surface area contributed by atoms with Gasteiger partial charge in [-0.2, -0.15) is 4.98 Å². The van der Waals surface area contributed by atoms with E-state index in [4.69, 9.17) is 15.6 Å². The molecule has 1 saturated heterocycles. The highest BCUT2D eigenvalue weighted by atomic mass is 79.9. The summed E-state index contributed by atoms with van der Waals surface area (Å²) in [5.41, 5.74) is 4.83. The van der Waals surface area contributed by atoms with Gasteiger partial charge < -0.3 is 15.6 Å². The van der Waals surface area contributed by atoms with Crippen molar-refractivity contribution in [1.82, 2.24) is 9.55 Å². The zero-order valence-electron chi connectivity index (χ0n) is 8.72. The highest BCUT2D eigenvalue weighted by Gasteiger charge is 2.36. The van der Waals surface area contributed by atoms with Crippen LogP contribution >= 0.6 is 15.9 Å². The second-order valence-electron chi connectivity index (χ2n) is 3.73. The number of aromatic nitrogens is 2. The molecule has 17 heavy (non-hydrogen) atoms. The van der Waals surface area contributed by atoms with Crippen LogP contribution in [0.4, 0.5) is 10.2 Å². The molecule has 3 atom stereocenters. The van der Waals surface area contributed by atoms with Crippen LogP contribution in [0.5, 0.6) is 0 Å². The first-order chi connectivity index (χ1) is 8.02. The van der Waals surface area contributed by atoms with E-state index in [9.17, 15) is 9.18 Å². The summed E-state index contributed by atoms with van der Waals surface area (Å²) >= 11 is 3.13. The van der Waals surface area contributed by atoms with E-state index in [2.05, 4.69) is 20.9 Å². The number of hydrogen-bond donors (Lipinski definition) is 2. The van der Waals surface area contributed by atoms with Crippen molar-refractivity contribution < 1.29 is 14.2 Å². The minimum absolute atomic E-state index is 0.00315. The molecule has 3 N–H and O–H groups in total.